The first-order valence-corrected chi connectivity index (χ1v) is 6.81. The molecule has 112 valence electrons. The molecular weight excluding hydrogens is 268 g/mol. The number of nitrogens with zero attached hydrogens (tertiary/aromatic N) is 1. The lowest BCUT2D eigenvalue weighted by Crippen LogP contribution is -2.39. The van der Waals surface area contributed by atoms with Gasteiger partial charge < -0.3 is 14.8 Å². The Balaban J connectivity index is 2.10. The Bertz CT molecular complexity index is 659. The number of aromatic nitrogens is 1. The quantitative estimate of drug-likeness (QED) is 0.904. The summed E-state index contributed by atoms with van der Waals surface area (Å²) in [5.74, 6) is 1.14. The van der Waals surface area contributed by atoms with E-state index in [0.717, 1.165) is 5.76 Å². The van der Waals surface area contributed by atoms with Gasteiger partial charge in [-0.3, -0.25) is 9.78 Å². The van der Waals surface area contributed by atoms with Gasteiger partial charge in [0.25, 0.3) is 5.91 Å². The Morgan fingerprint density at radius 1 is 1.43 bits per heavy atom. The lowest BCUT2D eigenvalue weighted by molar-refractivity contribution is 0.0513. The zero-order chi connectivity index (χ0) is 15.6. The highest BCUT2D eigenvalue weighted by molar-refractivity contribution is 5.95. The summed E-state index contributed by atoms with van der Waals surface area (Å²) in [6.45, 7) is 7.14. The van der Waals surface area contributed by atoms with Crippen LogP contribution in [0.15, 0.2) is 28.8 Å². The van der Waals surface area contributed by atoms with Crippen molar-refractivity contribution in [1.29, 1.82) is 0 Å². The van der Waals surface area contributed by atoms with Crippen LogP contribution in [0.5, 0.6) is 0 Å². The van der Waals surface area contributed by atoms with E-state index in [1.54, 1.807) is 45.2 Å². The number of carbonyl (C=O) groups excluding carboxylic acids is 1. The van der Waals surface area contributed by atoms with Crippen LogP contribution in [0.3, 0.4) is 0 Å². The molecule has 0 radical (unpaired) electrons. The van der Waals surface area contributed by atoms with Gasteiger partial charge in [-0.1, -0.05) is 0 Å². The standard InChI is InChI=1S/C16H20N2O3/c1-10-8-14(12(3)21-10)16(4,20)9-18-15(19)13-6-5-7-17-11(13)2/h5-8,20H,9H2,1-4H3,(H,18,19). The molecule has 0 aliphatic heterocycles. The van der Waals surface area contributed by atoms with Crippen LogP contribution in [-0.4, -0.2) is 22.5 Å². The van der Waals surface area contributed by atoms with Crippen molar-refractivity contribution in [2.45, 2.75) is 33.3 Å². The van der Waals surface area contributed by atoms with E-state index in [0.29, 0.717) is 22.6 Å². The predicted molar refractivity (Wildman–Crippen MR) is 79.1 cm³/mol. The molecule has 0 spiro atoms. The number of aliphatic hydroxyl groups is 1. The first kappa shape index (κ1) is 15.3. The van der Waals surface area contributed by atoms with Gasteiger partial charge in [-0.25, -0.2) is 0 Å². The van der Waals surface area contributed by atoms with Crippen molar-refractivity contribution in [2.75, 3.05) is 6.54 Å². The Morgan fingerprint density at radius 3 is 2.71 bits per heavy atom. The monoisotopic (exact) mass is 288 g/mol. The van der Waals surface area contributed by atoms with E-state index < -0.39 is 5.60 Å². The van der Waals surface area contributed by atoms with Crippen molar-refractivity contribution in [3.05, 3.63) is 52.7 Å². The smallest absolute Gasteiger partial charge is 0.253 e. The zero-order valence-electron chi connectivity index (χ0n) is 12.7. The Labute approximate surface area is 124 Å². The Morgan fingerprint density at radius 2 is 2.14 bits per heavy atom. The Kier molecular flexibility index (Phi) is 4.14. The molecule has 2 heterocycles. The summed E-state index contributed by atoms with van der Waals surface area (Å²) < 4.78 is 5.43. The summed E-state index contributed by atoms with van der Waals surface area (Å²) in [5.41, 5.74) is 0.662. The van der Waals surface area contributed by atoms with Crippen molar-refractivity contribution in [3.63, 3.8) is 0 Å². The molecule has 0 fully saturated rings. The number of hydrogen-bond acceptors (Lipinski definition) is 4. The molecule has 0 aliphatic rings. The molecule has 0 aliphatic carbocycles. The number of aryl methyl sites for hydroxylation is 3. The molecular formula is C16H20N2O3. The normalized spacial score (nSPS) is 13.8. The van der Waals surface area contributed by atoms with Gasteiger partial charge in [0.2, 0.25) is 0 Å². The second-order valence-electron chi connectivity index (χ2n) is 5.42. The fraction of sp³-hybridized carbons (Fsp3) is 0.375. The van der Waals surface area contributed by atoms with E-state index in [1.807, 2.05) is 6.92 Å². The van der Waals surface area contributed by atoms with Gasteiger partial charge in [-0.05, 0) is 45.9 Å². The maximum absolute atomic E-state index is 12.1. The van der Waals surface area contributed by atoms with Crippen LogP contribution in [0.4, 0.5) is 0 Å². The van der Waals surface area contributed by atoms with E-state index in [4.69, 9.17) is 4.42 Å². The molecule has 2 aromatic rings. The summed E-state index contributed by atoms with van der Waals surface area (Å²) in [5, 5.41) is 13.3. The molecule has 1 atom stereocenters. The van der Waals surface area contributed by atoms with Crippen LogP contribution in [-0.2, 0) is 5.60 Å². The van der Waals surface area contributed by atoms with Crippen LogP contribution < -0.4 is 5.32 Å². The maximum atomic E-state index is 12.1. The second kappa shape index (κ2) is 5.69. The molecule has 5 nitrogen and oxygen atoms in total. The maximum Gasteiger partial charge on any atom is 0.253 e. The van der Waals surface area contributed by atoms with Gasteiger partial charge in [0.1, 0.15) is 17.1 Å². The molecule has 1 amide bonds. The fourth-order valence-corrected chi connectivity index (χ4v) is 2.33. The summed E-state index contributed by atoms with van der Waals surface area (Å²) >= 11 is 0. The molecule has 2 N–H and O–H groups in total. The van der Waals surface area contributed by atoms with E-state index in [2.05, 4.69) is 10.3 Å². The minimum Gasteiger partial charge on any atom is -0.466 e. The molecule has 2 aromatic heterocycles. The molecule has 5 heteroatoms. The van der Waals surface area contributed by atoms with Crippen molar-refractivity contribution < 1.29 is 14.3 Å². The largest absolute Gasteiger partial charge is 0.466 e. The van der Waals surface area contributed by atoms with E-state index >= 15 is 0 Å². The first-order valence-electron chi connectivity index (χ1n) is 6.81. The van der Waals surface area contributed by atoms with Crippen LogP contribution >= 0.6 is 0 Å². The van der Waals surface area contributed by atoms with Gasteiger partial charge in [-0.15, -0.1) is 0 Å². The third kappa shape index (κ3) is 3.31. The number of hydrogen-bond donors (Lipinski definition) is 2. The average Bonchev–Trinajstić information content (AvgIpc) is 2.76. The van der Waals surface area contributed by atoms with Crippen molar-refractivity contribution in [3.8, 4) is 0 Å². The Hall–Kier alpha value is -2.14. The van der Waals surface area contributed by atoms with E-state index in [1.165, 1.54) is 0 Å². The molecule has 0 saturated carbocycles. The number of nitrogens with one attached hydrogen (secondary N) is 1. The first-order chi connectivity index (χ1) is 9.81. The van der Waals surface area contributed by atoms with Crippen LogP contribution in [0.1, 0.15) is 40.1 Å². The highest BCUT2D eigenvalue weighted by Crippen LogP contribution is 2.26. The third-order valence-electron chi connectivity index (χ3n) is 3.47. The predicted octanol–water partition coefficient (Wildman–Crippen LogP) is 2.24. The second-order valence-corrected chi connectivity index (χ2v) is 5.42. The van der Waals surface area contributed by atoms with Gasteiger partial charge in [0, 0.05) is 17.5 Å². The topological polar surface area (TPSA) is 75.4 Å². The number of pyridine rings is 1. The molecule has 2 rings (SSSR count). The number of rotatable bonds is 4. The van der Waals surface area contributed by atoms with Crippen LogP contribution in [0.2, 0.25) is 0 Å². The molecule has 0 aromatic carbocycles. The zero-order valence-corrected chi connectivity index (χ0v) is 12.7. The van der Waals surface area contributed by atoms with Gasteiger partial charge in [0.15, 0.2) is 0 Å². The fourth-order valence-electron chi connectivity index (χ4n) is 2.33. The number of carbonyl (C=O) groups is 1. The van der Waals surface area contributed by atoms with Crippen LogP contribution in [0, 0.1) is 20.8 Å². The van der Waals surface area contributed by atoms with Gasteiger partial charge >= 0.3 is 0 Å². The molecule has 1 unspecified atom stereocenters. The molecule has 21 heavy (non-hydrogen) atoms. The highest BCUT2D eigenvalue weighted by Gasteiger charge is 2.28. The van der Waals surface area contributed by atoms with Crippen LogP contribution in [0.25, 0.3) is 0 Å². The van der Waals surface area contributed by atoms with Crippen molar-refractivity contribution in [2.24, 2.45) is 0 Å². The molecule has 0 bridgehead atoms. The van der Waals surface area contributed by atoms with E-state index in [9.17, 15) is 9.90 Å². The van der Waals surface area contributed by atoms with Gasteiger partial charge in [0.05, 0.1) is 12.1 Å². The lowest BCUT2D eigenvalue weighted by Gasteiger charge is -2.23. The van der Waals surface area contributed by atoms with Gasteiger partial charge in [-0.2, -0.15) is 0 Å². The van der Waals surface area contributed by atoms with Crippen molar-refractivity contribution >= 4 is 5.91 Å². The molecule has 0 saturated heterocycles. The average molecular weight is 288 g/mol. The summed E-state index contributed by atoms with van der Waals surface area (Å²) in [6.07, 6.45) is 1.64. The minimum absolute atomic E-state index is 0.0972. The minimum atomic E-state index is -1.19. The summed E-state index contributed by atoms with van der Waals surface area (Å²) in [7, 11) is 0. The third-order valence-corrected chi connectivity index (χ3v) is 3.47. The van der Waals surface area contributed by atoms with Crippen molar-refractivity contribution in [1.82, 2.24) is 10.3 Å². The van der Waals surface area contributed by atoms with E-state index in [-0.39, 0.29) is 12.5 Å². The number of amides is 1. The SMILES string of the molecule is Cc1cc(C(C)(O)CNC(=O)c2cccnc2C)c(C)o1. The lowest BCUT2D eigenvalue weighted by atomic mass is 9.96. The summed E-state index contributed by atoms with van der Waals surface area (Å²) in [6, 6.07) is 5.21. The number of furan rings is 1. The highest BCUT2D eigenvalue weighted by atomic mass is 16.3. The summed E-state index contributed by atoms with van der Waals surface area (Å²) in [4.78, 5) is 16.2.